The number of carbonyl (C=O) groups is 1. The highest BCUT2D eigenvalue weighted by atomic mass is 16.6. The summed E-state index contributed by atoms with van der Waals surface area (Å²) in [7, 11) is 1.60. The Labute approximate surface area is 190 Å². The van der Waals surface area contributed by atoms with Gasteiger partial charge >= 0.3 is 0 Å². The summed E-state index contributed by atoms with van der Waals surface area (Å²) in [4.78, 5) is 18.5. The zero-order valence-electron chi connectivity index (χ0n) is 18.3. The van der Waals surface area contributed by atoms with E-state index in [1.54, 1.807) is 26.2 Å². The molecule has 0 saturated carbocycles. The second-order valence-corrected chi connectivity index (χ2v) is 7.49. The third kappa shape index (κ3) is 5.68. The number of nitrogens with zero attached hydrogens (tertiary/aromatic N) is 6. The van der Waals surface area contributed by atoms with Crippen molar-refractivity contribution in [3.05, 3.63) is 53.3 Å². The summed E-state index contributed by atoms with van der Waals surface area (Å²) in [5.74, 6) is 0.783. The van der Waals surface area contributed by atoms with Crippen LogP contribution in [-0.2, 0) is 22.6 Å². The Kier molecular flexibility index (Phi) is 6.87. The first-order valence-corrected chi connectivity index (χ1v) is 10.3. The van der Waals surface area contributed by atoms with Gasteiger partial charge in [0.25, 0.3) is 5.91 Å². The molecule has 0 spiro atoms. The third-order valence-electron chi connectivity index (χ3n) is 4.96. The van der Waals surface area contributed by atoms with Crippen molar-refractivity contribution >= 4 is 5.91 Å². The van der Waals surface area contributed by atoms with Gasteiger partial charge in [-0.25, -0.2) is 4.98 Å². The first-order valence-electron chi connectivity index (χ1n) is 10.3. The van der Waals surface area contributed by atoms with Gasteiger partial charge in [-0.15, -0.1) is 10.2 Å². The molecule has 1 amide bonds. The number of aromatic nitrogens is 5. The van der Waals surface area contributed by atoms with E-state index in [0.717, 1.165) is 11.3 Å². The molecule has 170 valence electrons. The first kappa shape index (κ1) is 22.3. The fraction of sp³-hybridized carbons (Fsp3) is 0.364. The summed E-state index contributed by atoms with van der Waals surface area (Å²) in [6.07, 6.45) is -0.817. The van der Waals surface area contributed by atoms with Crippen LogP contribution in [0.2, 0.25) is 0 Å². The molecule has 0 unspecified atom stereocenters. The average Bonchev–Trinajstić information content (AvgIpc) is 3.31. The average molecular weight is 449 g/mol. The Morgan fingerprint density at radius 1 is 1.30 bits per heavy atom. The van der Waals surface area contributed by atoms with Crippen LogP contribution in [-0.4, -0.2) is 63.6 Å². The summed E-state index contributed by atoms with van der Waals surface area (Å²) in [6, 6.07) is 12.9. The van der Waals surface area contributed by atoms with Gasteiger partial charge < -0.3 is 19.5 Å². The van der Waals surface area contributed by atoms with Gasteiger partial charge in [0.1, 0.15) is 17.5 Å². The Morgan fingerprint density at radius 2 is 2.18 bits per heavy atom. The highest BCUT2D eigenvalue weighted by molar-refractivity contribution is 5.93. The monoisotopic (exact) mass is 449 g/mol. The lowest BCUT2D eigenvalue weighted by molar-refractivity contribution is -0.120. The molecule has 11 heteroatoms. The number of nitrogens with one attached hydrogen (secondary N) is 1. The van der Waals surface area contributed by atoms with Crippen LogP contribution in [0.5, 0.6) is 5.75 Å². The predicted octanol–water partition coefficient (Wildman–Crippen LogP) is 1.29. The number of hydrogen-bond acceptors (Lipinski definition) is 9. The molecule has 4 rings (SSSR count). The van der Waals surface area contributed by atoms with Crippen molar-refractivity contribution in [3.63, 3.8) is 0 Å². The zero-order chi connectivity index (χ0) is 23.2. The van der Waals surface area contributed by atoms with Gasteiger partial charge in [-0.05, 0) is 42.0 Å². The van der Waals surface area contributed by atoms with E-state index < -0.39 is 6.10 Å². The third-order valence-corrected chi connectivity index (χ3v) is 4.96. The Balaban J connectivity index is 1.42. The molecule has 3 aromatic rings. The highest BCUT2D eigenvalue weighted by Crippen LogP contribution is 2.17. The lowest BCUT2D eigenvalue weighted by Gasteiger charge is -2.25. The molecule has 1 aliphatic heterocycles. The molecule has 11 nitrogen and oxygen atoms in total. The maximum absolute atomic E-state index is 12.7. The molecule has 2 atom stereocenters. The Morgan fingerprint density at radius 3 is 2.94 bits per heavy atom. The minimum absolute atomic E-state index is 0.209. The largest absolute Gasteiger partial charge is 0.497 e. The van der Waals surface area contributed by atoms with E-state index in [2.05, 4.69) is 25.7 Å². The lowest BCUT2D eigenvalue weighted by atomic mass is 10.1. The minimum atomic E-state index is -0.547. The predicted molar refractivity (Wildman–Crippen MR) is 115 cm³/mol. The van der Waals surface area contributed by atoms with Crippen LogP contribution < -0.4 is 10.1 Å². The van der Waals surface area contributed by atoms with E-state index in [9.17, 15) is 4.79 Å². The minimum Gasteiger partial charge on any atom is -0.497 e. The second-order valence-electron chi connectivity index (χ2n) is 7.49. The van der Waals surface area contributed by atoms with E-state index >= 15 is 0 Å². The number of ether oxygens (including phenoxy) is 3. The van der Waals surface area contributed by atoms with Crippen molar-refractivity contribution in [2.45, 2.75) is 32.2 Å². The molecule has 3 heterocycles. The molecule has 33 heavy (non-hydrogen) atoms. The molecule has 1 fully saturated rings. The Hall–Kier alpha value is -3.88. The number of rotatable bonds is 7. The number of amides is 1. The molecule has 1 saturated heterocycles. The van der Waals surface area contributed by atoms with Gasteiger partial charge in [-0.2, -0.15) is 10.1 Å². The zero-order valence-corrected chi connectivity index (χ0v) is 18.3. The number of carbonyl (C=O) groups excluding carboxylic acids is 1. The molecule has 0 radical (unpaired) electrons. The number of benzene rings is 1. The van der Waals surface area contributed by atoms with Crippen LogP contribution in [0.3, 0.4) is 0 Å². The van der Waals surface area contributed by atoms with Gasteiger partial charge in [-0.3, -0.25) is 4.79 Å². The van der Waals surface area contributed by atoms with E-state index in [1.165, 1.54) is 4.80 Å². The standard InChI is InChI=1S/C22H23N7O4/c1-14-6-16(21-26-28-29(27-21)11-19-13-32-18(9-23)12-33-19)8-20(25-14)22(30)24-10-15-4-3-5-17(7-15)31-2/h3-8,18-19H,10-13H2,1-2H3,(H,24,30)/t18-,19+/m1/s1. The maximum Gasteiger partial charge on any atom is 0.270 e. The number of tetrazole rings is 1. The summed E-state index contributed by atoms with van der Waals surface area (Å²) >= 11 is 0. The molecule has 0 bridgehead atoms. The fourth-order valence-corrected chi connectivity index (χ4v) is 3.31. The van der Waals surface area contributed by atoms with Crippen LogP contribution in [0.15, 0.2) is 36.4 Å². The summed E-state index contributed by atoms with van der Waals surface area (Å²) in [5.41, 5.74) is 2.46. The molecule has 1 aromatic carbocycles. The second kappa shape index (κ2) is 10.2. The molecule has 2 aromatic heterocycles. The van der Waals surface area contributed by atoms with E-state index in [1.807, 2.05) is 30.3 Å². The highest BCUT2D eigenvalue weighted by Gasteiger charge is 2.23. The number of aryl methyl sites for hydroxylation is 1. The van der Waals surface area contributed by atoms with Crippen LogP contribution >= 0.6 is 0 Å². The van der Waals surface area contributed by atoms with Crippen molar-refractivity contribution < 1.29 is 19.0 Å². The van der Waals surface area contributed by atoms with Gasteiger partial charge in [0.15, 0.2) is 6.10 Å². The summed E-state index contributed by atoms with van der Waals surface area (Å²) in [5, 5.41) is 24.3. The van der Waals surface area contributed by atoms with Gasteiger partial charge in [0.2, 0.25) is 5.82 Å². The van der Waals surface area contributed by atoms with Gasteiger partial charge in [0, 0.05) is 17.8 Å². The smallest absolute Gasteiger partial charge is 0.270 e. The van der Waals surface area contributed by atoms with E-state index in [-0.39, 0.29) is 30.9 Å². The topological polar surface area (TPSA) is 137 Å². The summed E-state index contributed by atoms with van der Waals surface area (Å²) < 4.78 is 16.2. The SMILES string of the molecule is COc1cccc(CNC(=O)c2cc(-c3nnn(C[C@H]4CO[C@H](C#N)CO4)n3)cc(C)n2)c1. The van der Waals surface area contributed by atoms with Crippen LogP contribution in [0.1, 0.15) is 21.7 Å². The van der Waals surface area contributed by atoms with E-state index in [4.69, 9.17) is 19.5 Å². The normalized spacial score (nSPS) is 17.8. The maximum atomic E-state index is 12.7. The van der Waals surface area contributed by atoms with Crippen molar-refractivity contribution in [1.82, 2.24) is 30.5 Å². The number of methoxy groups -OCH3 is 1. The van der Waals surface area contributed by atoms with E-state index in [0.29, 0.717) is 30.2 Å². The summed E-state index contributed by atoms with van der Waals surface area (Å²) in [6.45, 7) is 2.96. The van der Waals surface area contributed by atoms with Crippen LogP contribution in [0, 0.1) is 18.3 Å². The van der Waals surface area contributed by atoms with Crippen molar-refractivity contribution in [3.8, 4) is 23.2 Å². The quantitative estimate of drug-likeness (QED) is 0.565. The number of pyridine rings is 1. The van der Waals surface area contributed by atoms with Crippen LogP contribution in [0.25, 0.3) is 11.4 Å². The number of nitriles is 1. The lowest BCUT2D eigenvalue weighted by Crippen LogP contribution is -2.37. The first-order chi connectivity index (χ1) is 16.0. The molecular formula is C22H23N7O4. The van der Waals surface area contributed by atoms with Crippen molar-refractivity contribution in [2.24, 2.45) is 0 Å². The molecule has 0 aliphatic carbocycles. The molecule has 1 aliphatic rings. The van der Waals surface area contributed by atoms with Gasteiger partial charge in [-0.1, -0.05) is 12.1 Å². The van der Waals surface area contributed by atoms with Crippen molar-refractivity contribution in [2.75, 3.05) is 20.3 Å². The van der Waals surface area contributed by atoms with Gasteiger partial charge in [0.05, 0.1) is 32.9 Å². The van der Waals surface area contributed by atoms with Crippen LogP contribution in [0.4, 0.5) is 0 Å². The fourth-order valence-electron chi connectivity index (χ4n) is 3.31. The molecular weight excluding hydrogens is 426 g/mol. The number of hydrogen-bond donors (Lipinski definition) is 1. The molecule has 1 N–H and O–H groups in total. The Bertz CT molecular complexity index is 1170. The van der Waals surface area contributed by atoms with Crippen molar-refractivity contribution in [1.29, 1.82) is 5.26 Å².